The molecular formula is C35H35Cl4N3O4S. The van der Waals surface area contributed by atoms with E-state index >= 15 is 0 Å². The van der Waals surface area contributed by atoms with Crippen molar-refractivity contribution in [2.75, 3.05) is 10.8 Å². The number of rotatable bonds is 11. The Hall–Kier alpha value is -3.27. The van der Waals surface area contributed by atoms with Gasteiger partial charge in [-0.15, -0.1) is 0 Å². The maximum atomic E-state index is 14.6. The minimum Gasteiger partial charge on any atom is -0.350 e. The molecule has 0 radical (unpaired) electrons. The quantitative estimate of drug-likeness (QED) is 0.168. The molecule has 0 aromatic heterocycles. The van der Waals surface area contributed by atoms with Crippen molar-refractivity contribution < 1.29 is 18.0 Å². The minimum absolute atomic E-state index is 0.0272. The smallest absolute Gasteiger partial charge is 0.264 e. The number of nitrogens with zero attached hydrogens (tertiary/aromatic N) is 2. The van der Waals surface area contributed by atoms with Gasteiger partial charge in [-0.05, 0) is 81.3 Å². The van der Waals surface area contributed by atoms with Crippen LogP contribution >= 0.6 is 46.4 Å². The Kier molecular flexibility index (Phi) is 11.9. The summed E-state index contributed by atoms with van der Waals surface area (Å²) in [6.45, 7) is 6.59. The SMILES string of the molecule is Cc1ccc(S(=O)(=O)N(CC(=O)N(Cc2ccc(Cl)cc2Cl)C(Cc2ccccc2)C(=O)NC(C)(C)C)c2ccc(Cl)c(Cl)c2)cc1. The Balaban J connectivity index is 1.86. The average Bonchev–Trinajstić information content (AvgIpc) is 2.99. The Labute approximate surface area is 296 Å². The number of carbonyl (C=O) groups is 2. The zero-order valence-electron chi connectivity index (χ0n) is 26.3. The number of hydrogen-bond donors (Lipinski definition) is 1. The monoisotopic (exact) mass is 733 g/mol. The van der Waals surface area contributed by atoms with Gasteiger partial charge in [0.15, 0.2) is 0 Å². The van der Waals surface area contributed by atoms with Crippen LogP contribution in [-0.4, -0.2) is 43.3 Å². The second kappa shape index (κ2) is 15.3. The number of carbonyl (C=O) groups excluding carboxylic acids is 2. The van der Waals surface area contributed by atoms with Crippen LogP contribution in [0.3, 0.4) is 0 Å². The molecule has 0 saturated heterocycles. The van der Waals surface area contributed by atoms with Crippen molar-refractivity contribution >= 4 is 73.9 Å². The van der Waals surface area contributed by atoms with Crippen molar-refractivity contribution in [2.45, 2.75) is 57.1 Å². The number of halogens is 4. The Morgan fingerprint density at radius 2 is 1.47 bits per heavy atom. The van der Waals surface area contributed by atoms with Gasteiger partial charge in [0.2, 0.25) is 11.8 Å². The van der Waals surface area contributed by atoms with E-state index in [2.05, 4.69) is 5.32 Å². The van der Waals surface area contributed by atoms with Crippen LogP contribution < -0.4 is 9.62 Å². The molecule has 1 unspecified atom stereocenters. The molecule has 47 heavy (non-hydrogen) atoms. The molecule has 0 aliphatic heterocycles. The van der Waals surface area contributed by atoms with Gasteiger partial charge < -0.3 is 10.2 Å². The standard InChI is InChI=1S/C35H35Cl4N3O4S/c1-23-10-15-28(16-11-23)47(45,46)42(27-14-17-29(37)31(39)20-27)22-33(43)41(21-25-12-13-26(36)19-30(25)38)32(34(44)40-35(2,3)4)18-24-8-6-5-7-9-24/h5-17,19-20,32H,18,21-22H2,1-4H3,(H,40,44). The highest BCUT2D eigenvalue weighted by atomic mass is 35.5. The molecular weight excluding hydrogens is 700 g/mol. The third-order valence-corrected chi connectivity index (χ3v) is 10.3. The van der Waals surface area contributed by atoms with Crippen LogP contribution in [0.1, 0.15) is 37.5 Å². The van der Waals surface area contributed by atoms with Crippen molar-refractivity contribution in [1.82, 2.24) is 10.2 Å². The highest BCUT2D eigenvalue weighted by molar-refractivity contribution is 7.92. The fourth-order valence-electron chi connectivity index (χ4n) is 4.85. The number of benzene rings is 4. The lowest BCUT2D eigenvalue weighted by Gasteiger charge is -2.35. The van der Waals surface area contributed by atoms with Gasteiger partial charge in [-0.2, -0.15) is 0 Å². The van der Waals surface area contributed by atoms with Gasteiger partial charge in [0, 0.05) is 28.5 Å². The molecule has 1 atom stereocenters. The van der Waals surface area contributed by atoms with E-state index in [1.165, 1.54) is 35.2 Å². The molecule has 2 amide bonds. The summed E-state index contributed by atoms with van der Waals surface area (Å²) < 4.78 is 29.4. The van der Waals surface area contributed by atoms with E-state index in [4.69, 9.17) is 46.4 Å². The number of hydrogen-bond acceptors (Lipinski definition) is 4. The van der Waals surface area contributed by atoms with Crippen molar-refractivity contribution in [3.63, 3.8) is 0 Å². The molecule has 4 rings (SSSR count). The molecule has 0 bridgehead atoms. The molecule has 0 aliphatic rings. The summed E-state index contributed by atoms with van der Waals surface area (Å²) in [6, 6.07) is 23.7. The Bertz CT molecular complexity index is 1850. The third-order valence-electron chi connectivity index (χ3n) is 7.20. The first-order valence-corrected chi connectivity index (χ1v) is 17.6. The zero-order chi connectivity index (χ0) is 34.5. The lowest BCUT2D eigenvalue weighted by atomic mass is 10.0. The third kappa shape index (κ3) is 9.64. The summed E-state index contributed by atoms with van der Waals surface area (Å²) in [5.74, 6) is -1.06. The van der Waals surface area contributed by atoms with E-state index in [1.54, 1.807) is 30.3 Å². The summed E-state index contributed by atoms with van der Waals surface area (Å²) in [4.78, 5) is 29.9. The molecule has 0 heterocycles. The maximum absolute atomic E-state index is 14.6. The topological polar surface area (TPSA) is 86.8 Å². The Morgan fingerprint density at radius 1 is 0.809 bits per heavy atom. The van der Waals surface area contributed by atoms with Gasteiger partial charge >= 0.3 is 0 Å². The molecule has 0 saturated carbocycles. The zero-order valence-corrected chi connectivity index (χ0v) is 30.1. The number of amides is 2. The van der Waals surface area contributed by atoms with Crippen LogP contribution in [0, 0.1) is 6.92 Å². The van der Waals surface area contributed by atoms with Gasteiger partial charge in [-0.1, -0.05) is 100 Å². The van der Waals surface area contributed by atoms with Crippen molar-refractivity contribution in [1.29, 1.82) is 0 Å². The summed E-state index contributed by atoms with van der Waals surface area (Å²) in [5, 5.41) is 4.01. The van der Waals surface area contributed by atoms with Crippen LogP contribution in [0.4, 0.5) is 5.69 Å². The molecule has 0 spiro atoms. The van der Waals surface area contributed by atoms with E-state index in [1.807, 2.05) is 58.0 Å². The molecule has 0 fully saturated rings. The number of sulfonamides is 1. The fourth-order valence-corrected chi connectivity index (χ4v) is 7.01. The normalized spacial score (nSPS) is 12.3. The van der Waals surface area contributed by atoms with E-state index in [0.29, 0.717) is 15.6 Å². The highest BCUT2D eigenvalue weighted by Gasteiger charge is 2.36. The molecule has 0 aliphatic carbocycles. The van der Waals surface area contributed by atoms with E-state index < -0.39 is 40.0 Å². The van der Waals surface area contributed by atoms with E-state index in [-0.39, 0.29) is 33.6 Å². The summed E-state index contributed by atoms with van der Waals surface area (Å²) >= 11 is 25.2. The largest absolute Gasteiger partial charge is 0.350 e. The first-order chi connectivity index (χ1) is 22.0. The maximum Gasteiger partial charge on any atom is 0.264 e. The summed E-state index contributed by atoms with van der Waals surface area (Å²) in [5.41, 5.74) is 1.68. The van der Waals surface area contributed by atoms with Gasteiger partial charge in [0.25, 0.3) is 10.0 Å². The fraction of sp³-hybridized carbons (Fsp3) is 0.257. The number of aryl methyl sites for hydroxylation is 1. The molecule has 1 N–H and O–H groups in total. The molecule has 12 heteroatoms. The molecule has 4 aromatic carbocycles. The van der Waals surface area contributed by atoms with Gasteiger partial charge in [0.1, 0.15) is 12.6 Å². The number of anilines is 1. The predicted octanol–water partition coefficient (Wildman–Crippen LogP) is 8.36. The van der Waals surface area contributed by atoms with Gasteiger partial charge in [-0.3, -0.25) is 13.9 Å². The van der Waals surface area contributed by atoms with Crippen LogP contribution in [0.15, 0.2) is 95.9 Å². The Morgan fingerprint density at radius 3 is 2.06 bits per heavy atom. The minimum atomic E-state index is -4.31. The van der Waals surface area contributed by atoms with Gasteiger partial charge in [0.05, 0.1) is 20.6 Å². The highest BCUT2D eigenvalue weighted by Crippen LogP contribution is 2.31. The van der Waals surface area contributed by atoms with E-state index in [0.717, 1.165) is 15.4 Å². The van der Waals surface area contributed by atoms with Crippen molar-refractivity contribution in [2.24, 2.45) is 0 Å². The van der Waals surface area contributed by atoms with E-state index in [9.17, 15) is 18.0 Å². The first-order valence-electron chi connectivity index (χ1n) is 14.7. The molecule has 248 valence electrons. The molecule has 7 nitrogen and oxygen atoms in total. The summed E-state index contributed by atoms with van der Waals surface area (Å²) in [6.07, 6.45) is 0.150. The van der Waals surface area contributed by atoms with Crippen LogP contribution in [0.2, 0.25) is 20.1 Å². The molecule has 4 aromatic rings. The lowest BCUT2D eigenvalue weighted by molar-refractivity contribution is -0.140. The second-order valence-corrected chi connectivity index (χ2v) is 15.6. The van der Waals surface area contributed by atoms with Crippen molar-refractivity contribution in [3.05, 3.63) is 128 Å². The van der Waals surface area contributed by atoms with Crippen LogP contribution in [-0.2, 0) is 32.6 Å². The lowest BCUT2D eigenvalue weighted by Crippen LogP contribution is -2.56. The second-order valence-electron chi connectivity index (χ2n) is 12.1. The predicted molar refractivity (Wildman–Crippen MR) is 191 cm³/mol. The average molecular weight is 736 g/mol. The van der Waals surface area contributed by atoms with Crippen molar-refractivity contribution in [3.8, 4) is 0 Å². The van der Waals surface area contributed by atoms with Gasteiger partial charge in [-0.25, -0.2) is 8.42 Å². The van der Waals surface area contributed by atoms with Crippen LogP contribution in [0.5, 0.6) is 0 Å². The van der Waals surface area contributed by atoms with Crippen LogP contribution in [0.25, 0.3) is 0 Å². The summed E-state index contributed by atoms with van der Waals surface area (Å²) in [7, 11) is -4.31. The number of nitrogens with one attached hydrogen (secondary N) is 1. The first kappa shape index (κ1) is 36.6.